The molecule has 1 saturated heterocycles. The van der Waals surface area contributed by atoms with Crippen LogP contribution in [0.5, 0.6) is 0 Å². The molecule has 182 valence electrons. The normalized spacial score (nSPS) is 17.9. The third kappa shape index (κ3) is 5.98. The predicted octanol–water partition coefficient (Wildman–Crippen LogP) is 2.76. The Morgan fingerprint density at radius 2 is 1.59 bits per heavy atom. The number of hydrogen-bond donors (Lipinski definition) is 2. The lowest BCUT2D eigenvalue weighted by molar-refractivity contribution is -0.137. The van der Waals surface area contributed by atoms with Gasteiger partial charge in [0.05, 0.1) is 23.2 Å². The van der Waals surface area contributed by atoms with E-state index in [0.717, 1.165) is 23.2 Å². The Labute approximate surface area is 197 Å². The first-order valence-corrected chi connectivity index (χ1v) is 10.9. The van der Waals surface area contributed by atoms with Gasteiger partial charge in [0.2, 0.25) is 11.8 Å². The summed E-state index contributed by atoms with van der Waals surface area (Å²) in [4.78, 5) is 24.3. The molecule has 1 fully saturated rings. The molecule has 1 aliphatic heterocycles. The summed E-state index contributed by atoms with van der Waals surface area (Å²) in [5.41, 5.74) is 5.40. The fraction of sp³-hybridized carbons (Fsp3) is 0.417. The summed E-state index contributed by atoms with van der Waals surface area (Å²) in [6.07, 6.45) is -4.68. The number of halogens is 3. The summed E-state index contributed by atoms with van der Waals surface area (Å²) in [6.45, 7) is 7.84. The molecule has 6 nitrogen and oxygen atoms in total. The molecule has 1 aliphatic rings. The van der Waals surface area contributed by atoms with E-state index in [1.807, 2.05) is 39.8 Å². The van der Waals surface area contributed by atoms with Gasteiger partial charge in [-0.25, -0.2) is 0 Å². The van der Waals surface area contributed by atoms with E-state index < -0.39 is 47.9 Å². The summed E-state index contributed by atoms with van der Waals surface area (Å²) < 4.78 is 50.7. The molecule has 2 aromatic rings. The van der Waals surface area contributed by atoms with E-state index in [2.05, 4.69) is 5.32 Å². The number of carbonyl (C=O) groups is 2. The van der Waals surface area contributed by atoms with Gasteiger partial charge in [0.15, 0.2) is 0 Å². The monoisotopic (exact) mass is 476 g/mol. The first-order chi connectivity index (χ1) is 15.7. The Hall–Kier alpha value is -2.85. The van der Waals surface area contributed by atoms with Crippen molar-refractivity contribution in [3.8, 4) is 0 Å². The second kappa shape index (κ2) is 9.42. The molecule has 1 heterocycles. The van der Waals surface area contributed by atoms with Gasteiger partial charge in [-0.15, -0.1) is 0 Å². The van der Waals surface area contributed by atoms with Gasteiger partial charge in [-0.3, -0.25) is 9.59 Å². The van der Waals surface area contributed by atoms with Gasteiger partial charge in [0.25, 0.3) is 0 Å². The van der Waals surface area contributed by atoms with Crippen LogP contribution in [0.15, 0.2) is 48.5 Å². The number of amides is 2. The predicted molar refractivity (Wildman–Crippen MR) is 122 cm³/mol. The average molecular weight is 476 g/mol. The van der Waals surface area contributed by atoms with Crippen LogP contribution in [0.25, 0.3) is 0 Å². The van der Waals surface area contributed by atoms with Crippen molar-refractivity contribution >= 4 is 24.4 Å². The molecule has 1 atom stereocenters. The fourth-order valence-electron chi connectivity index (χ4n) is 3.54. The van der Waals surface area contributed by atoms with E-state index in [9.17, 15) is 22.8 Å². The van der Waals surface area contributed by atoms with Crippen molar-refractivity contribution in [2.24, 2.45) is 5.73 Å². The Morgan fingerprint density at radius 1 is 1.00 bits per heavy atom. The second-order valence-electron chi connectivity index (χ2n) is 9.43. The molecule has 3 N–H and O–H groups in total. The Balaban J connectivity index is 1.63. The fourth-order valence-corrected chi connectivity index (χ4v) is 3.54. The van der Waals surface area contributed by atoms with E-state index in [4.69, 9.17) is 15.0 Å². The summed E-state index contributed by atoms with van der Waals surface area (Å²) in [7, 11) is -0.529. The standard InChI is InChI=1S/C24H28BF3N2O4/c1-22(2)23(3,4)34-25(33-22)18-10-8-15(9-11-18)13-19(21(29)32)30-20(31)14-16-6-5-7-17(12-16)24(26,27)28/h5-12,19H,13-14H2,1-4H3,(H2,29,32)(H,30,31)/t19-/m0/s1. The highest BCUT2D eigenvalue weighted by molar-refractivity contribution is 6.62. The van der Waals surface area contributed by atoms with Crippen LogP contribution >= 0.6 is 0 Å². The number of benzene rings is 2. The molecule has 10 heteroatoms. The molecule has 34 heavy (non-hydrogen) atoms. The molecule has 0 aliphatic carbocycles. The van der Waals surface area contributed by atoms with Gasteiger partial charge in [0.1, 0.15) is 6.04 Å². The van der Waals surface area contributed by atoms with Gasteiger partial charge < -0.3 is 20.4 Å². The number of primary amides is 1. The van der Waals surface area contributed by atoms with Crippen molar-refractivity contribution in [1.82, 2.24) is 5.32 Å². The van der Waals surface area contributed by atoms with E-state index >= 15 is 0 Å². The molecule has 3 rings (SSSR count). The topological polar surface area (TPSA) is 90.6 Å². The lowest BCUT2D eigenvalue weighted by Crippen LogP contribution is -2.46. The SMILES string of the molecule is CC1(C)OB(c2ccc(C[C@H](NC(=O)Cc3cccc(C(F)(F)F)c3)C(N)=O)cc2)OC1(C)C. The van der Waals surface area contributed by atoms with Gasteiger partial charge in [-0.2, -0.15) is 13.2 Å². The summed E-state index contributed by atoms with van der Waals surface area (Å²) in [5, 5.41) is 2.52. The number of rotatable bonds is 7. The first kappa shape index (κ1) is 25.8. The van der Waals surface area contributed by atoms with E-state index in [0.29, 0.717) is 0 Å². The van der Waals surface area contributed by atoms with Crippen molar-refractivity contribution < 1.29 is 32.1 Å². The Morgan fingerprint density at radius 3 is 2.12 bits per heavy atom. The molecule has 0 aromatic heterocycles. The zero-order valence-electron chi connectivity index (χ0n) is 19.5. The van der Waals surface area contributed by atoms with Crippen molar-refractivity contribution in [2.45, 2.75) is 64.0 Å². The van der Waals surface area contributed by atoms with Crippen LogP contribution in [0.3, 0.4) is 0 Å². The molecule has 0 unspecified atom stereocenters. The molecule has 2 amide bonds. The second-order valence-corrected chi connectivity index (χ2v) is 9.43. The van der Waals surface area contributed by atoms with Crippen LogP contribution in [0.1, 0.15) is 44.4 Å². The zero-order valence-corrected chi connectivity index (χ0v) is 19.5. The number of nitrogens with two attached hydrogens (primary N) is 1. The minimum Gasteiger partial charge on any atom is -0.399 e. The molecule has 0 radical (unpaired) electrons. The number of carbonyl (C=O) groups excluding carboxylic acids is 2. The van der Waals surface area contributed by atoms with Gasteiger partial charge in [-0.1, -0.05) is 42.5 Å². The van der Waals surface area contributed by atoms with E-state index in [1.54, 1.807) is 12.1 Å². The summed E-state index contributed by atoms with van der Waals surface area (Å²) in [5.74, 6) is -1.34. The molecule has 0 saturated carbocycles. The highest BCUT2D eigenvalue weighted by Gasteiger charge is 2.51. The van der Waals surface area contributed by atoms with Crippen molar-refractivity contribution in [2.75, 3.05) is 0 Å². The minimum absolute atomic E-state index is 0.132. The van der Waals surface area contributed by atoms with Crippen LogP contribution in [-0.2, 0) is 37.9 Å². The van der Waals surface area contributed by atoms with Crippen LogP contribution in [0.4, 0.5) is 13.2 Å². The van der Waals surface area contributed by atoms with Gasteiger partial charge >= 0.3 is 13.3 Å². The first-order valence-electron chi connectivity index (χ1n) is 10.9. The number of nitrogens with one attached hydrogen (secondary N) is 1. The van der Waals surface area contributed by atoms with E-state index in [1.165, 1.54) is 12.1 Å². The Kier molecular flexibility index (Phi) is 7.14. The maximum atomic E-state index is 12.9. The van der Waals surface area contributed by atoms with Crippen molar-refractivity contribution in [1.29, 1.82) is 0 Å². The molecular formula is C24H28BF3N2O4. The quantitative estimate of drug-likeness (QED) is 0.602. The van der Waals surface area contributed by atoms with Crippen LogP contribution in [-0.4, -0.2) is 36.2 Å². The maximum Gasteiger partial charge on any atom is 0.494 e. The third-order valence-corrected chi connectivity index (χ3v) is 6.24. The molecule has 0 spiro atoms. The smallest absolute Gasteiger partial charge is 0.399 e. The van der Waals surface area contributed by atoms with Crippen molar-refractivity contribution in [3.05, 3.63) is 65.2 Å². The summed E-state index contributed by atoms with van der Waals surface area (Å²) in [6, 6.07) is 10.7. The van der Waals surface area contributed by atoms with Crippen molar-refractivity contribution in [3.63, 3.8) is 0 Å². The third-order valence-electron chi connectivity index (χ3n) is 6.24. The van der Waals surface area contributed by atoms with E-state index in [-0.39, 0.29) is 18.4 Å². The highest BCUT2D eigenvalue weighted by Crippen LogP contribution is 2.36. The van der Waals surface area contributed by atoms with Crippen LogP contribution in [0.2, 0.25) is 0 Å². The average Bonchev–Trinajstić information content (AvgIpc) is 2.94. The molecular weight excluding hydrogens is 448 g/mol. The minimum atomic E-state index is -4.51. The number of alkyl halides is 3. The molecule has 0 bridgehead atoms. The highest BCUT2D eigenvalue weighted by atomic mass is 19.4. The largest absolute Gasteiger partial charge is 0.494 e. The maximum absolute atomic E-state index is 12.9. The van der Waals surface area contributed by atoms with Gasteiger partial charge in [0, 0.05) is 6.42 Å². The summed E-state index contributed by atoms with van der Waals surface area (Å²) >= 11 is 0. The van der Waals surface area contributed by atoms with Crippen LogP contribution in [0, 0.1) is 0 Å². The Bertz CT molecular complexity index is 1040. The lowest BCUT2D eigenvalue weighted by atomic mass is 9.78. The molecule has 2 aromatic carbocycles. The van der Waals surface area contributed by atoms with Crippen LogP contribution < -0.4 is 16.5 Å². The lowest BCUT2D eigenvalue weighted by Gasteiger charge is -2.32. The van der Waals surface area contributed by atoms with Gasteiger partial charge in [-0.05, 0) is 50.4 Å². The number of hydrogen-bond acceptors (Lipinski definition) is 4. The zero-order chi connectivity index (χ0) is 25.3.